The van der Waals surface area contributed by atoms with E-state index in [0.717, 1.165) is 24.2 Å². The molecule has 0 aliphatic heterocycles. The molecule has 144 valence electrons. The summed E-state index contributed by atoms with van der Waals surface area (Å²) in [5.41, 5.74) is 2.06. The summed E-state index contributed by atoms with van der Waals surface area (Å²) in [5, 5.41) is 5.34. The second-order valence-corrected chi connectivity index (χ2v) is 7.69. The minimum Gasteiger partial charge on any atom is -0.490 e. The van der Waals surface area contributed by atoms with Gasteiger partial charge < -0.3 is 10.1 Å². The summed E-state index contributed by atoms with van der Waals surface area (Å²) in [6.07, 6.45) is 11.2. The molecule has 1 amide bonds. The highest BCUT2D eigenvalue weighted by molar-refractivity contribution is 7.13. The standard InChI is InChI=1S/C21H22N4O2S/c26-20(19-14-28-21(25-19)18-13-22-9-10-23-18)24-12-15-5-4-8-17(11-15)27-16-6-2-1-3-7-16/h4-5,8-11,13-14,16H,1-3,6-7,12H2,(H,24,26). The van der Waals surface area contributed by atoms with Crippen molar-refractivity contribution >= 4 is 17.2 Å². The SMILES string of the molecule is O=C(NCc1cccc(OC2CCCCC2)c1)c1csc(-c2cnccn2)n1. The fourth-order valence-corrected chi connectivity index (χ4v) is 4.04. The van der Waals surface area contributed by atoms with E-state index in [4.69, 9.17) is 4.74 Å². The van der Waals surface area contributed by atoms with E-state index < -0.39 is 0 Å². The Hall–Kier alpha value is -2.80. The summed E-state index contributed by atoms with van der Waals surface area (Å²) >= 11 is 1.38. The van der Waals surface area contributed by atoms with Crippen LogP contribution in [0.15, 0.2) is 48.2 Å². The summed E-state index contributed by atoms with van der Waals surface area (Å²) in [7, 11) is 0. The van der Waals surface area contributed by atoms with Gasteiger partial charge in [0.2, 0.25) is 0 Å². The molecule has 1 aliphatic carbocycles. The second-order valence-electron chi connectivity index (χ2n) is 6.84. The minimum absolute atomic E-state index is 0.204. The molecule has 1 fully saturated rings. The average molecular weight is 394 g/mol. The first-order valence-electron chi connectivity index (χ1n) is 9.53. The molecule has 2 aromatic heterocycles. The van der Waals surface area contributed by atoms with Gasteiger partial charge in [0, 0.05) is 24.3 Å². The Labute approximate surface area is 168 Å². The van der Waals surface area contributed by atoms with E-state index >= 15 is 0 Å². The van der Waals surface area contributed by atoms with E-state index in [2.05, 4.69) is 20.3 Å². The van der Waals surface area contributed by atoms with Gasteiger partial charge in [-0.2, -0.15) is 0 Å². The van der Waals surface area contributed by atoms with Crippen molar-refractivity contribution in [3.8, 4) is 16.5 Å². The molecule has 1 saturated carbocycles. The average Bonchev–Trinajstić information content (AvgIpc) is 3.24. The normalized spacial score (nSPS) is 14.6. The lowest BCUT2D eigenvalue weighted by atomic mass is 9.98. The molecular formula is C21H22N4O2S. The van der Waals surface area contributed by atoms with Gasteiger partial charge in [0.15, 0.2) is 0 Å². The number of carbonyl (C=O) groups is 1. The van der Waals surface area contributed by atoms with Crippen molar-refractivity contribution in [2.24, 2.45) is 0 Å². The molecule has 0 unspecified atom stereocenters. The molecule has 0 atom stereocenters. The zero-order valence-corrected chi connectivity index (χ0v) is 16.3. The van der Waals surface area contributed by atoms with Crippen LogP contribution in [0.2, 0.25) is 0 Å². The van der Waals surface area contributed by atoms with Crippen LogP contribution >= 0.6 is 11.3 Å². The minimum atomic E-state index is -0.204. The van der Waals surface area contributed by atoms with Crippen molar-refractivity contribution in [3.05, 3.63) is 59.5 Å². The van der Waals surface area contributed by atoms with Crippen molar-refractivity contribution in [3.63, 3.8) is 0 Å². The van der Waals surface area contributed by atoms with Crippen LogP contribution in [0.4, 0.5) is 0 Å². The summed E-state index contributed by atoms with van der Waals surface area (Å²) < 4.78 is 6.10. The van der Waals surface area contributed by atoms with Gasteiger partial charge in [0.25, 0.3) is 5.91 Å². The van der Waals surface area contributed by atoms with Gasteiger partial charge in [0.1, 0.15) is 22.1 Å². The number of aromatic nitrogens is 3. The van der Waals surface area contributed by atoms with Gasteiger partial charge in [-0.1, -0.05) is 18.6 Å². The zero-order valence-electron chi connectivity index (χ0n) is 15.5. The van der Waals surface area contributed by atoms with Crippen molar-refractivity contribution in [1.82, 2.24) is 20.3 Å². The van der Waals surface area contributed by atoms with E-state index in [1.54, 1.807) is 24.0 Å². The second kappa shape index (κ2) is 8.93. The first kappa shape index (κ1) is 18.6. The van der Waals surface area contributed by atoms with Crippen LogP contribution in [0.3, 0.4) is 0 Å². The first-order valence-corrected chi connectivity index (χ1v) is 10.4. The largest absolute Gasteiger partial charge is 0.490 e. The smallest absolute Gasteiger partial charge is 0.271 e. The van der Waals surface area contributed by atoms with E-state index in [1.165, 1.54) is 30.6 Å². The molecule has 0 bridgehead atoms. The quantitative estimate of drug-likeness (QED) is 0.677. The third-order valence-electron chi connectivity index (χ3n) is 4.73. The van der Waals surface area contributed by atoms with Crippen LogP contribution < -0.4 is 10.1 Å². The number of hydrogen-bond acceptors (Lipinski definition) is 6. The Morgan fingerprint density at radius 1 is 1.21 bits per heavy atom. The molecule has 0 spiro atoms. The highest BCUT2D eigenvalue weighted by Gasteiger charge is 2.15. The van der Waals surface area contributed by atoms with E-state index in [1.807, 2.05) is 24.3 Å². The molecule has 0 radical (unpaired) electrons. The van der Waals surface area contributed by atoms with Crippen LogP contribution in [0.5, 0.6) is 5.75 Å². The number of amides is 1. The van der Waals surface area contributed by atoms with Crippen LogP contribution in [-0.2, 0) is 6.54 Å². The number of carbonyl (C=O) groups excluding carboxylic acids is 1. The van der Waals surface area contributed by atoms with Gasteiger partial charge in [-0.25, -0.2) is 4.98 Å². The van der Waals surface area contributed by atoms with Crippen LogP contribution in [0.1, 0.15) is 48.2 Å². The monoisotopic (exact) mass is 394 g/mol. The molecule has 4 rings (SSSR count). The lowest BCUT2D eigenvalue weighted by Crippen LogP contribution is -2.23. The number of ether oxygens (including phenoxy) is 1. The van der Waals surface area contributed by atoms with Crippen LogP contribution in [0.25, 0.3) is 10.7 Å². The third kappa shape index (κ3) is 4.72. The van der Waals surface area contributed by atoms with Gasteiger partial charge in [-0.15, -0.1) is 11.3 Å². The Bertz CT molecular complexity index is 923. The number of hydrogen-bond donors (Lipinski definition) is 1. The maximum absolute atomic E-state index is 12.4. The Morgan fingerprint density at radius 2 is 2.11 bits per heavy atom. The van der Waals surface area contributed by atoms with Crippen LogP contribution in [-0.4, -0.2) is 27.0 Å². The zero-order chi connectivity index (χ0) is 19.2. The van der Waals surface area contributed by atoms with Gasteiger partial charge in [-0.3, -0.25) is 14.8 Å². The molecule has 3 aromatic rings. The maximum atomic E-state index is 12.4. The van der Waals surface area contributed by atoms with Crippen molar-refractivity contribution in [2.75, 3.05) is 0 Å². The number of rotatable bonds is 6. The fraction of sp³-hybridized carbons (Fsp3) is 0.333. The lowest BCUT2D eigenvalue weighted by Gasteiger charge is -2.23. The number of nitrogens with one attached hydrogen (secondary N) is 1. The van der Waals surface area contributed by atoms with Crippen LogP contribution in [0, 0.1) is 0 Å². The molecule has 1 aromatic carbocycles. The van der Waals surface area contributed by atoms with Gasteiger partial charge in [0.05, 0.1) is 12.3 Å². The van der Waals surface area contributed by atoms with E-state index in [0.29, 0.717) is 29.0 Å². The highest BCUT2D eigenvalue weighted by Crippen LogP contribution is 2.24. The summed E-state index contributed by atoms with van der Waals surface area (Å²) in [5.74, 6) is 0.669. The number of benzene rings is 1. The summed E-state index contributed by atoms with van der Waals surface area (Å²) in [6.45, 7) is 0.429. The predicted molar refractivity (Wildman–Crippen MR) is 108 cm³/mol. The highest BCUT2D eigenvalue weighted by atomic mass is 32.1. The van der Waals surface area contributed by atoms with Crippen molar-refractivity contribution in [2.45, 2.75) is 44.8 Å². The van der Waals surface area contributed by atoms with E-state index in [-0.39, 0.29) is 5.91 Å². The Balaban J connectivity index is 1.34. The first-order chi connectivity index (χ1) is 13.8. The predicted octanol–water partition coefficient (Wildman–Crippen LogP) is 4.24. The number of nitrogens with zero attached hydrogens (tertiary/aromatic N) is 3. The molecule has 7 heteroatoms. The topological polar surface area (TPSA) is 77.0 Å². The summed E-state index contributed by atoms with van der Waals surface area (Å²) in [4.78, 5) is 25.0. The molecule has 28 heavy (non-hydrogen) atoms. The van der Waals surface area contributed by atoms with Crippen molar-refractivity contribution < 1.29 is 9.53 Å². The fourth-order valence-electron chi connectivity index (χ4n) is 3.28. The summed E-state index contributed by atoms with van der Waals surface area (Å²) in [6, 6.07) is 7.93. The van der Waals surface area contributed by atoms with Gasteiger partial charge in [-0.05, 0) is 43.4 Å². The van der Waals surface area contributed by atoms with Crippen molar-refractivity contribution in [1.29, 1.82) is 0 Å². The number of thiazole rings is 1. The molecule has 2 heterocycles. The molecular weight excluding hydrogens is 372 g/mol. The molecule has 1 aliphatic rings. The maximum Gasteiger partial charge on any atom is 0.271 e. The van der Waals surface area contributed by atoms with E-state index in [9.17, 15) is 4.79 Å². The lowest BCUT2D eigenvalue weighted by molar-refractivity contribution is 0.0946. The molecule has 6 nitrogen and oxygen atoms in total. The third-order valence-corrected chi connectivity index (χ3v) is 5.59. The Kier molecular flexibility index (Phi) is 5.92. The van der Waals surface area contributed by atoms with Gasteiger partial charge >= 0.3 is 0 Å². The Morgan fingerprint density at radius 3 is 2.93 bits per heavy atom. The molecule has 0 saturated heterocycles. The molecule has 1 N–H and O–H groups in total.